The number of benzene rings is 2. The van der Waals surface area contributed by atoms with E-state index in [9.17, 15) is 15.3 Å². The van der Waals surface area contributed by atoms with Crippen molar-refractivity contribution in [3.05, 3.63) is 47.0 Å². The summed E-state index contributed by atoms with van der Waals surface area (Å²) >= 11 is 0. The monoisotopic (exact) mass is 404 g/mol. The van der Waals surface area contributed by atoms with Gasteiger partial charge < -0.3 is 36.6 Å². The van der Waals surface area contributed by atoms with Crippen LogP contribution in [0.4, 0.5) is 0 Å². The number of rotatable bonds is 7. The van der Waals surface area contributed by atoms with Gasteiger partial charge in [0, 0.05) is 18.7 Å². The van der Waals surface area contributed by atoms with Crippen molar-refractivity contribution in [1.82, 2.24) is 5.32 Å². The number of hydrogen-bond acceptors (Lipinski definition) is 7. The smallest absolute Gasteiger partial charge is 0.161 e. The molecule has 0 aromatic heterocycles. The molecule has 0 bridgehead atoms. The van der Waals surface area contributed by atoms with Crippen molar-refractivity contribution < 1.29 is 25.5 Å². The Morgan fingerprint density at radius 2 is 1.62 bits per heavy atom. The average Bonchev–Trinajstić information content (AvgIpc) is 2.65. The van der Waals surface area contributed by atoms with Crippen LogP contribution in [0.2, 0.25) is 0 Å². The highest BCUT2D eigenvalue weighted by atomic mass is 16.3. The predicted octanol–water partition coefficient (Wildman–Crippen LogP) is 2.43. The summed E-state index contributed by atoms with van der Waals surface area (Å²) in [6.45, 7) is 2.96. The average molecular weight is 405 g/mol. The lowest BCUT2D eigenvalue weighted by molar-refractivity contribution is 0.161. The van der Waals surface area contributed by atoms with Crippen LogP contribution in [0, 0.1) is 0 Å². The Kier molecular flexibility index (Phi) is 8.57. The molecule has 1 aliphatic rings. The van der Waals surface area contributed by atoms with Crippen LogP contribution in [0.25, 0.3) is 0 Å². The van der Waals surface area contributed by atoms with E-state index in [1.54, 1.807) is 6.07 Å². The summed E-state index contributed by atoms with van der Waals surface area (Å²) in [6, 6.07) is 8.43. The van der Waals surface area contributed by atoms with Crippen molar-refractivity contribution in [2.24, 2.45) is 5.73 Å². The normalized spacial score (nSPS) is 14.6. The maximum atomic E-state index is 10.0. The highest BCUT2D eigenvalue weighted by Gasteiger charge is 2.18. The van der Waals surface area contributed by atoms with E-state index in [0.29, 0.717) is 31.1 Å². The number of aryl methyl sites for hydroxylation is 1. The van der Waals surface area contributed by atoms with Crippen molar-refractivity contribution in [3.8, 4) is 23.0 Å². The van der Waals surface area contributed by atoms with Crippen LogP contribution >= 0.6 is 0 Å². The third kappa shape index (κ3) is 6.52. The molecule has 8 N–H and O–H groups in total. The molecule has 29 heavy (non-hydrogen) atoms. The fourth-order valence-corrected chi connectivity index (χ4v) is 3.06. The highest BCUT2D eigenvalue weighted by Crippen LogP contribution is 2.32. The van der Waals surface area contributed by atoms with Crippen molar-refractivity contribution in [1.29, 1.82) is 0 Å². The molecule has 0 amide bonds. The Morgan fingerprint density at radius 3 is 2.17 bits per heavy atom. The second-order valence-corrected chi connectivity index (χ2v) is 7.30. The zero-order chi connectivity index (χ0) is 21.4. The molecule has 0 spiro atoms. The van der Waals surface area contributed by atoms with Gasteiger partial charge in [0.1, 0.15) is 11.5 Å². The largest absolute Gasteiger partial charge is 0.508 e. The highest BCUT2D eigenvalue weighted by molar-refractivity contribution is 5.48. The Bertz CT molecular complexity index is 793. The van der Waals surface area contributed by atoms with Gasteiger partial charge in [-0.25, -0.2) is 0 Å². The number of nitrogens with two attached hydrogens (primary N) is 1. The molecule has 160 valence electrons. The first-order valence-electron chi connectivity index (χ1n) is 10.0. The van der Waals surface area contributed by atoms with Gasteiger partial charge in [-0.2, -0.15) is 0 Å². The molecule has 3 rings (SSSR count). The summed E-state index contributed by atoms with van der Waals surface area (Å²) in [5, 5.41) is 50.3. The molecule has 1 aliphatic carbocycles. The van der Waals surface area contributed by atoms with E-state index in [1.807, 2.05) is 19.1 Å². The van der Waals surface area contributed by atoms with Gasteiger partial charge in [0.2, 0.25) is 0 Å². The summed E-state index contributed by atoms with van der Waals surface area (Å²) < 4.78 is 0. The third-order valence-corrected chi connectivity index (χ3v) is 5.17. The van der Waals surface area contributed by atoms with Gasteiger partial charge in [0.25, 0.3) is 0 Å². The molecule has 2 aromatic rings. The minimum absolute atomic E-state index is 0.0456. The molecule has 1 unspecified atom stereocenters. The van der Waals surface area contributed by atoms with Crippen LogP contribution in [0.1, 0.15) is 49.0 Å². The number of phenolic OH excluding ortho intramolecular Hbond substituents is 4. The summed E-state index contributed by atoms with van der Waals surface area (Å²) in [7, 11) is 0. The van der Waals surface area contributed by atoms with Gasteiger partial charge in [-0.1, -0.05) is 25.5 Å². The van der Waals surface area contributed by atoms with Gasteiger partial charge >= 0.3 is 0 Å². The molecule has 1 atom stereocenters. The molecular weight excluding hydrogens is 372 g/mol. The Hall–Kier alpha value is -2.48. The fourth-order valence-electron chi connectivity index (χ4n) is 3.06. The standard InChI is InChI=1S/C14H21NO2.C8H11NO3/c1-2-10-6-7-11(8-13(10)16)14(17)9-15-12-4-3-5-12;9-2-1-5-3-7(11)8(12)4-6(5)10/h6-8,12,14-17H,2-5,9H2,1H3;3-4,10-12H,1-2,9H2. The van der Waals surface area contributed by atoms with E-state index >= 15 is 0 Å². The molecule has 0 saturated heterocycles. The summed E-state index contributed by atoms with van der Waals surface area (Å²) in [5.74, 6) is -0.326. The minimum atomic E-state index is -0.535. The first kappa shape index (κ1) is 22.8. The number of phenols is 4. The third-order valence-electron chi connectivity index (χ3n) is 5.17. The number of nitrogens with one attached hydrogen (secondary N) is 1. The summed E-state index contributed by atoms with van der Waals surface area (Å²) in [6.07, 6.45) is 4.47. The number of aromatic hydroxyl groups is 4. The van der Waals surface area contributed by atoms with Gasteiger partial charge in [0.15, 0.2) is 11.5 Å². The summed E-state index contributed by atoms with van der Waals surface area (Å²) in [4.78, 5) is 0. The quantitative estimate of drug-likeness (QED) is 0.278. The molecule has 2 aromatic carbocycles. The van der Waals surface area contributed by atoms with Crippen LogP contribution < -0.4 is 11.1 Å². The Labute approximate surface area is 171 Å². The predicted molar refractivity (Wildman–Crippen MR) is 112 cm³/mol. The van der Waals surface area contributed by atoms with E-state index in [4.69, 9.17) is 15.9 Å². The maximum absolute atomic E-state index is 10.0. The van der Waals surface area contributed by atoms with Crippen LogP contribution in [-0.2, 0) is 12.8 Å². The van der Waals surface area contributed by atoms with E-state index < -0.39 is 6.10 Å². The van der Waals surface area contributed by atoms with Crippen molar-refractivity contribution in [2.75, 3.05) is 13.1 Å². The topological polar surface area (TPSA) is 139 Å². The van der Waals surface area contributed by atoms with Crippen LogP contribution in [0.3, 0.4) is 0 Å². The second kappa shape index (κ2) is 10.9. The van der Waals surface area contributed by atoms with E-state index in [-0.39, 0.29) is 23.0 Å². The minimum Gasteiger partial charge on any atom is -0.508 e. The fraction of sp³-hybridized carbons (Fsp3) is 0.455. The van der Waals surface area contributed by atoms with Crippen LogP contribution in [-0.4, -0.2) is 44.7 Å². The van der Waals surface area contributed by atoms with Crippen LogP contribution in [0.5, 0.6) is 23.0 Å². The van der Waals surface area contributed by atoms with Crippen molar-refractivity contribution >= 4 is 0 Å². The molecule has 7 nitrogen and oxygen atoms in total. The molecule has 0 heterocycles. The zero-order valence-corrected chi connectivity index (χ0v) is 16.8. The van der Waals surface area contributed by atoms with Gasteiger partial charge in [-0.3, -0.25) is 0 Å². The number of hydrogen-bond donors (Lipinski definition) is 7. The van der Waals surface area contributed by atoms with Crippen molar-refractivity contribution in [3.63, 3.8) is 0 Å². The lowest BCUT2D eigenvalue weighted by atomic mass is 9.93. The first-order valence-corrected chi connectivity index (χ1v) is 10.0. The van der Waals surface area contributed by atoms with E-state index in [1.165, 1.54) is 25.3 Å². The Balaban J connectivity index is 0.000000221. The molecule has 1 fully saturated rings. The van der Waals surface area contributed by atoms with Gasteiger partial charge in [-0.15, -0.1) is 0 Å². The Morgan fingerprint density at radius 1 is 0.966 bits per heavy atom. The number of aliphatic hydroxyl groups is 1. The van der Waals surface area contributed by atoms with Crippen molar-refractivity contribution in [2.45, 2.75) is 51.2 Å². The summed E-state index contributed by atoms with van der Waals surface area (Å²) in [5.41, 5.74) is 7.51. The molecule has 7 heteroatoms. The maximum Gasteiger partial charge on any atom is 0.161 e. The lowest BCUT2D eigenvalue weighted by Gasteiger charge is -2.27. The molecule has 0 aliphatic heterocycles. The lowest BCUT2D eigenvalue weighted by Crippen LogP contribution is -2.37. The van der Waals surface area contributed by atoms with Crippen LogP contribution in [0.15, 0.2) is 30.3 Å². The van der Waals surface area contributed by atoms with Gasteiger partial charge in [-0.05, 0) is 61.1 Å². The molecular formula is C22H32N2O5. The van der Waals surface area contributed by atoms with E-state index in [0.717, 1.165) is 23.6 Å². The molecule has 1 saturated carbocycles. The zero-order valence-electron chi connectivity index (χ0n) is 16.8. The number of aliphatic hydroxyl groups excluding tert-OH is 1. The molecule has 0 radical (unpaired) electrons. The van der Waals surface area contributed by atoms with Gasteiger partial charge in [0.05, 0.1) is 6.10 Å². The first-order chi connectivity index (χ1) is 13.8. The second-order valence-electron chi connectivity index (χ2n) is 7.30. The SMILES string of the molecule is CCc1ccc(C(O)CNC2CCC2)cc1O.NCCc1cc(O)c(O)cc1O. The van der Waals surface area contributed by atoms with E-state index in [2.05, 4.69) is 5.32 Å².